The summed E-state index contributed by atoms with van der Waals surface area (Å²) in [5, 5.41) is 2.73. The first-order chi connectivity index (χ1) is 13.9. The molecule has 1 N–H and O–H groups in total. The van der Waals surface area contributed by atoms with Gasteiger partial charge in [0.05, 0.1) is 12.2 Å². The van der Waals surface area contributed by atoms with Gasteiger partial charge in [0.25, 0.3) is 0 Å². The summed E-state index contributed by atoms with van der Waals surface area (Å²) in [5.74, 6) is 0.728. The van der Waals surface area contributed by atoms with Gasteiger partial charge in [0, 0.05) is 50.4 Å². The number of rotatable bonds is 2. The molecule has 2 aliphatic rings. The van der Waals surface area contributed by atoms with E-state index in [-0.39, 0.29) is 12.1 Å². The number of ether oxygens (including phenoxy) is 1. The average molecular weight is 407 g/mol. The lowest BCUT2D eigenvalue weighted by Crippen LogP contribution is -2.51. The lowest BCUT2D eigenvalue weighted by atomic mass is 9.96. The monoisotopic (exact) mass is 407 g/mol. The predicted octanol–water partition coefficient (Wildman–Crippen LogP) is 3.17. The molecule has 0 aliphatic carbocycles. The number of amides is 2. The van der Waals surface area contributed by atoms with Crippen LogP contribution in [0.5, 0.6) is 5.75 Å². The number of hydrogen-bond donors (Lipinski definition) is 1. The molecule has 2 aliphatic heterocycles. The summed E-state index contributed by atoms with van der Waals surface area (Å²) in [6.45, 7) is 2.66. The minimum absolute atomic E-state index is 0.0203. The maximum absolute atomic E-state index is 13.0. The summed E-state index contributed by atoms with van der Waals surface area (Å²) >= 11 is 0. The molecule has 3 heterocycles. The number of halogens is 3. The highest BCUT2D eigenvalue weighted by Gasteiger charge is 2.35. The molecule has 1 atom stereocenters. The maximum Gasteiger partial charge on any atom is 0.416 e. The third-order valence-electron chi connectivity index (χ3n) is 5.21. The average Bonchev–Trinajstić information content (AvgIpc) is 2.73. The molecule has 1 unspecified atom stereocenters. The predicted molar refractivity (Wildman–Crippen MR) is 98.5 cm³/mol. The lowest BCUT2D eigenvalue weighted by molar-refractivity contribution is -0.137. The van der Waals surface area contributed by atoms with Gasteiger partial charge in [0.1, 0.15) is 17.9 Å². The second kappa shape index (κ2) is 7.86. The number of carbonyl (C=O) groups is 1. The van der Waals surface area contributed by atoms with Gasteiger partial charge in [-0.05, 0) is 18.2 Å². The van der Waals surface area contributed by atoms with Crippen molar-refractivity contribution in [2.45, 2.75) is 18.6 Å². The maximum atomic E-state index is 13.0. The Morgan fingerprint density at radius 1 is 1.17 bits per heavy atom. The molecule has 0 saturated carbocycles. The molecule has 2 aromatic rings. The molecular formula is C19H20F3N5O2. The third-order valence-corrected chi connectivity index (χ3v) is 5.21. The summed E-state index contributed by atoms with van der Waals surface area (Å²) in [6, 6.07) is 5.05. The number of nitrogens with zero attached hydrogens (tertiary/aromatic N) is 4. The second-order valence-corrected chi connectivity index (χ2v) is 6.95. The van der Waals surface area contributed by atoms with Gasteiger partial charge in [-0.2, -0.15) is 13.2 Å². The van der Waals surface area contributed by atoms with Crippen LogP contribution in [0.2, 0.25) is 0 Å². The zero-order valence-electron chi connectivity index (χ0n) is 15.5. The quantitative estimate of drug-likeness (QED) is 0.828. The van der Waals surface area contributed by atoms with Gasteiger partial charge in [-0.1, -0.05) is 6.07 Å². The van der Waals surface area contributed by atoms with E-state index >= 15 is 0 Å². The van der Waals surface area contributed by atoms with Gasteiger partial charge < -0.3 is 9.64 Å². The number of hydrogen-bond acceptors (Lipinski definition) is 5. The Labute approximate surface area is 165 Å². The summed E-state index contributed by atoms with van der Waals surface area (Å²) in [7, 11) is 0. The molecule has 4 rings (SSSR count). The van der Waals surface area contributed by atoms with Gasteiger partial charge in [0.2, 0.25) is 0 Å². The highest BCUT2D eigenvalue weighted by atomic mass is 19.4. The highest BCUT2D eigenvalue weighted by Crippen LogP contribution is 2.40. The van der Waals surface area contributed by atoms with Gasteiger partial charge in [0.15, 0.2) is 0 Å². The van der Waals surface area contributed by atoms with Crippen molar-refractivity contribution in [3.63, 3.8) is 0 Å². The molecule has 0 spiro atoms. The first-order valence-electron chi connectivity index (χ1n) is 9.32. The SMILES string of the molecule is O=C(Nc1ccncn1)N1CCN(C2CCOc3cc(C(F)(F)F)ccc32)CC1. The lowest BCUT2D eigenvalue weighted by Gasteiger charge is -2.41. The molecule has 2 amide bonds. The number of urea groups is 1. The Bertz CT molecular complexity index is 870. The fourth-order valence-corrected chi connectivity index (χ4v) is 3.72. The van der Waals surface area contributed by atoms with Crippen LogP contribution in [0.15, 0.2) is 36.8 Å². The van der Waals surface area contributed by atoms with Crippen LogP contribution >= 0.6 is 0 Å². The molecule has 29 heavy (non-hydrogen) atoms. The van der Waals surface area contributed by atoms with Gasteiger partial charge >= 0.3 is 12.2 Å². The number of fused-ring (bicyclic) bond motifs is 1. The first kappa shape index (κ1) is 19.4. The van der Waals surface area contributed by atoms with Gasteiger partial charge in [-0.3, -0.25) is 10.2 Å². The van der Waals surface area contributed by atoms with Crippen LogP contribution in [-0.2, 0) is 6.18 Å². The summed E-state index contributed by atoms with van der Waals surface area (Å²) in [5.41, 5.74) is 0.0613. The van der Waals surface area contributed by atoms with E-state index in [2.05, 4.69) is 20.2 Å². The second-order valence-electron chi connectivity index (χ2n) is 6.95. The van der Waals surface area contributed by atoms with E-state index in [4.69, 9.17) is 4.74 Å². The van der Waals surface area contributed by atoms with Crippen molar-refractivity contribution in [2.75, 3.05) is 38.1 Å². The van der Waals surface area contributed by atoms with Crippen LogP contribution in [-0.4, -0.2) is 58.6 Å². The van der Waals surface area contributed by atoms with Crippen molar-refractivity contribution in [1.82, 2.24) is 19.8 Å². The van der Waals surface area contributed by atoms with E-state index < -0.39 is 11.7 Å². The van der Waals surface area contributed by atoms with E-state index in [1.807, 2.05) is 0 Å². The molecule has 1 fully saturated rings. The van der Waals surface area contributed by atoms with Crippen molar-refractivity contribution >= 4 is 11.8 Å². The number of piperazine rings is 1. The molecule has 0 radical (unpaired) electrons. The van der Waals surface area contributed by atoms with Crippen LogP contribution in [0.1, 0.15) is 23.6 Å². The Kier molecular flexibility index (Phi) is 5.27. The van der Waals surface area contributed by atoms with Crippen molar-refractivity contribution in [2.24, 2.45) is 0 Å². The Balaban J connectivity index is 1.40. The Morgan fingerprint density at radius 3 is 2.66 bits per heavy atom. The number of benzene rings is 1. The van der Waals surface area contributed by atoms with Crippen LogP contribution < -0.4 is 10.1 Å². The third kappa shape index (κ3) is 4.26. The molecule has 1 aromatic carbocycles. The smallest absolute Gasteiger partial charge is 0.416 e. The van der Waals surface area contributed by atoms with Crippen molar-refractivity contribution in [3.8, 4) is 5.75 Å². The van der Waals surface area contributed by atoms with Gasteiger partial charge in [-0.25, -0.2) is 14.8 Å². The molecule has 1 aromatic heterocycles. The van der Waals surface area contributed by atoms with E-state index in [1.165, 1.54) is 12.4 Å². The van der Waals surface area contributed by atoms with Crippen molar-refractivity contribution in [1.29, 1.82) is 0 Å². The molecule has 10 heteroatoms. The number of nitrogens with one attached hydrogen (secondary N) is 1. The van der Waals surface area contributed by atoms with E-state index in [0.717, 1.165) is 17.7 Å². The van der Waals surface area contributed by atoms with E-state index in [0.29, 0.717) is 50.8 Å². The van der Waals surface area contributed by atoms with Crippen LogP contribution in [0, 0.1) is 0 Å². The summed E-state index contributed by atoms with van der Waals surface area (Å²) < 4.78 is 44.4. The summed E-state index contributed by atoms with van der Waals surface area (Å²) in [6.07, 6.45) is -0.785. The highest BCUT2D eigenvalue weighted by molar-refractivity contribution is 5.88. The van der Waals surface area contributed by atoms with E-state index in [1.54, 1.807) is 17.2 Å². The summed E-state index contributed by atoms with van der Waals surface area (Å²) in [4.78, 5) is 24.1. The van der Waals surface area contributed by atoms with Crippen LogP contribution in [0.25, 0.3) is 0 Å². The molecular weight excluding hydrogens is 387 g/mol. The topological polar surface area (TPSA) is 70.6 Å². The zero-order chi connectivity index (χ0) is 20.4. The molecule has 7 nitrogen and oxygen atoms in total. The normalized spacial score (nSPS) is 20.0. The minimum atomic E-state index is -4.39. The largest absolute Gasteiger partial charge is 0.493 e. The minimum Gasteiger partial charge on any atom is -0.493 e. The first-order valence-corrected chi connectivity index (χ1v) is 9.32. The Morgan fingerprint density at radius 2 is 1.97 bits per heavy atom. The zero-order valence-corrected chi connectivity index (χ0v) is 15.5. The molecule has 0 bridgehead atoms. The fraction of sp³-hybridized carbons (Fsp3) is 0.421. The Hall–Kier alpha value is -2.88. The molecule has 1 saturated heterocycles. The van der Waals surface area contributed by atoms with Crippen LogP contribution in [0.3, 0.4) is 0 Å². The number of anilines is 1. The fourth-order valence-electron chi connectivity index (χ4n) is 3.72. The molecule has 154 valence electrons. The van der Waals surface area contributed by atoms with Crippen LogP contribution in [0.4, 0.5) is 23.8 Å². The van der Waals surface area contributed by atoms with Gasteiger partial charge in [-0.15, -0.1) is 0 Å². The van der Waals surface area contributed by atoms with Crippen molar-refractivity contribution in [3.05, 3.63) is 47.9 Å². The number of carbonyl (C=O) groups excluding carboxylic acids is 1. The number of aromatic nitrogens is 2. The number of alkyl halides is 3. The standard InChI is InChI=1S/C19H20F3N5O2/c20-19(21,22)13-1-2-14-15(4-10-29-16(14)11-13)26-6-8-27(9-7-26)18(28)25-17-3-5-23-12-24-17/h1-3,5,11-12,15H,4,6-10H2,(H,23,24,25,28). The van der Waals surface area contributed by atoms with E-state index in [9.17, 15) is 18.0 Å². The van der Waals surface area contributed by atoms with Crippen molar-refractivity contribution < 1.29 is 22.7 Å².